The number of phenols is 1. The molecule has 0 aromatic heterocycles. The Balaban J connectivity index is 2.87. The summed E-state index contributed by atoms with van der Waals surface area (Å²) in [5, 5.41) is 9.12. The summed E-state index contributed by atoms with van der Waals surface area (Å²) < 4.78 is 13.6. The standard InChI is InChI=1S/C13H19FN2O2/c1-2-7-16(8-3-6-15)13(18)11-5-4-10(17)9-12(11)14/h4-5,9,17H,2-3,6-8,15H2,1H3. The second-order valence-electron chi connectivity index (χ2n) is 4.10. The summed E-state index contributed by atoms with van der Waals surface area (Å²) in [7, 11) is 0. The van der Waals surface area contributed by atoms with Crippen molar-refractivity contribution in [1.82, 2.24) is 4.90 Å². The number of aromatic hydroxyl groups is 1. The molecule has 0 unspecified atom stereocenters. The van der Waals surface area contributed by atoms with Crippen LogP contribution < -0.4 is 5.73 Å². The molecular formula is C13H19FN2O2. The van der Waals surface area contributed by atoms with E-state index >= 15 is 0 Å². The molecule has 1 amide bonds. The number of phenolic OH excluding ortho intramolecular Hbond substituents is 1. The van der Waals surface area contributed by atoms with E-state index in [1.165, 1.54) is 12.1 Å². The van der Waals surface area contributed by atoms with Crippen molar-refractivity contribution >= 4 is 5.91 Å². The third-order valence-electron chi connectivity index (χ3n) is 2.60. The van der Waals surface area contributed by atoms with Gasteiger partial charge in [-0.2, -0.15) is 0 Å². The fourth-order valence-corrected chi connectivity index (χ4v) is 1.71. The molecule has 1 rings (SSSR count). The van der Waals surface area contributed by atoms with Crippen molar-refractivity contribution in [3.63, 3.8) is 0 Å². The van der Waals surface area contributed by atoms with Crippen LogP contribution in [0.15, 0.2) is 18.2 Å². The largest absolute Gasteiger partial charge is 0.508 e. The van der Waals surface area contributed by atoms with Gasteiger partial charge in [-0.25, -0.2) is 4.39 Å². The van der Waals surface area contributed by atoms with Gasteiger partial charge < -0.3 is 15.7 Å². The average Bonchev–Trinajstić information content (AvgIpc) is 2.33. The van der Waals surface area contributed by atoms with Crippen molar-refractivity contribution in [3.05, 3.63) is 29.6 Å². The van der Waals surface area contributed by atoms with E-state index < -0.39 is 5.82 Å². The quantitative estimate of drug-likeness (QED) is 0.812. The molecule has 18 heavy (non-hydrogen) atoms. The highest BCUT2D eigenvalue weighted by atomic mass is 19.1. The number of hydrogen-bond acceptors (Lipinski definition) is 3. The Morgan fingerprint density at radius 2 is 2.17 bits per heavy atom. The van der Waals surface area contributed by atoms with Crippen LogP contribution in [0.4, 0.5) is 4.39 Å². The van der Waals surface area contributed by atoms with Crippen molar-refractivity contribution in [3.8, 4) is 5.75 Å². The van der Waals surface area contributed by atoms with E-state index in [9.17, 15) is 9.18 Å². The average molecular weight is 254 g/mol. The van der Waals surface area contributed by atoms with Crippen LogP contribution in [0.5, 0.6) is 5.75 Å². The Morgan fingerprint density at radius 1 is 1.44 bits per heavy atom. The molecule has 4 nitrogen and oxygen atoms in total. The summed E-state index contributed by atoms with van der Waals surface area (Å²) in [5.41, 5.74) is 5.40. The van der Waals surface area contributed by atoms with Gasteiger partial charge in [0.15, 0.2) is 0 Å². The molecule has 0 aliphatic rings. The second-order valence-corrected chi connectivity index (χ2v) is 4.10. The number of nitrogens with zero attached hydrogens (tertiary/aromatic N) is 1. The van der Waals surface area contributed by atoms with Gasteiger partial charge in [-0.1, -0.05) is 6.92 Å². The Bertz CT molecular complexity index is 410. The van der Waals surface area contributed by atoms with Crippen molar-refractivity contribution in [1.29, 1.82) is 0 Å². The Labute approximate surface area is 106 Å². The Hall–Kier alpha value is -1.62. The molecule has 0 saturated carbocycles. The van der Waals surface area contributed by atoms with Gasteiger partial charge in [-0.3, -0.25) is 4.79 Å². The summed E-state index contributed by atoms with van der Waals surface area (Å²) >= 11 is 0. The highest BCUT2D eigenvalue weighted by molar-refractivity contribution is 5.94. The van der Waals surface area contributed by atoms with Gasteiger partial charge in [0.2, 0.25) is 0 Å². The molecule has 0 spiro atoms. The zero-order chi connectivity index (χ0) is 13.5. The van der Waals surface area contributed by atoms with Crippen LogP contribution in [-0.4, -0.2) is 35.5 Å². The summed E-state index contributed by atoms with van der Waals surface area (Å²) in [4.78, 5) is 13.7. The molecule has 3 N–H and O–H groups in total. The lowest BCUT2D eigenvalue weighted by Crippen LogP contribution is -2.34. The summed E-state index contributed by atoms with van der Waals surface area (Å²) in [6, 6.07) is 3.56. The lowest BCUT2D eigenvalue weighted by Gasteiger charge is -2.22. The molecule has 0 bridgehead atoms. The minimum Gasteiger partial charge on any atom is -0.508 e. The van der Waals surface area contributed by atoms with E-state index in [4.69, 9.17) is 10.8 Å². The van der Waals surface area contributed by atoms with Crippen molar-refractivity contribution < 1.29 is 14.3 Å². The van der Waals surface area contributed by atoms with Crippen molar-refractivity contribution in [2.24, 2.45) is 5.73 Å². The van der Waals surface area contributed by atoms with Gasteiger partial charge in [-0.05, 0) is 31.5 Å². The van der Waals surface area contributed by atoms with E-state index in [-0.39, 0.29) is 17.2 Å². The van der Waals surface area contributed by atoms with Gasteiger partial charge in [0.1, 0.15) is 11.6 Å². The summed E-state index contributed by atoms with van der Waals surface area (Å²) in [6.07, 6.45) is 1.49. The number of carbonyl (C=O) groups excluding carboxylic acids is 1. The van der Waals surface area contributed by atoms with E-state index in [0.29, 0.717) is 26.1 Å². The SMILES string of the molecule is CCCN(CCCN)C(=O)c1ccc(O)cc1F. The van der Waals surface area contributed by atoms with E-state index in [1.807, 2.05) is 6.92 Å². The van der Waals surface area contributed by atoms with Crippen LogP contribution in [0.25, 0.3) is 0 Å². The van der Waals surface area contributed by atoms with Crippen LogP contribution >= 0.6 is 0 Å². The zero-order valence-electron chi connectivity index (χ0n) is 10.5. The summed E-state index contributed by atoms with van der Waals surface area (Å²) in [6.45, 7) is 3.53. The Morgan fingerprint density at radius 3 is 2.72 bits per heavy atom. The third-order valence-corrected chi connectivity index (χ3v) is 2.60. The lowest BCUT2D eigenvalue weighted by atomic mass is 10.1. The molecule has 0 heterocycles. The molecule has 0 aliphatic carbocycles. The predicted octanol–water partition coefficient (Wildman–Crippen LogP) is 1.73. The van der Waals surface area contributed by atoms with E-state index in [2.05, 4.69) is 0 Å². The van der Waals surface area contributed by atoms with Gasteiger partial charge in [0, 0.05) is 19.2 Å². The maximum absolute atomic E-state index is 13.6. The molecule has 0 saturated heterocycles. The highest BCUT2D eigenvalue weighted by Crippen LogP contribution is 2.17. The Kier molecular flexibility index (Phi) is 5.58. The maximum Gasteiger partial charge on any atom is 0.256 e. The van der Waals surface area contributed by atoms with Crippen LogP contribution in [0.2, 0.25) is 0 Å². The molecule has 1 aromatic rings. The second kappa shape index (κ2) is 6.96. The minimum absolute atomic E-state index is 0.0155. The normalized spacial score (nSPS) is 10.4. The van der Waals surface area contributed by atoms with Gasteiger partial charge in [0.05, 0.1) is 5.56 Å². The third kappa shape index (κ3) is 3.70. The number of carbonyl (C=O) groups is 1. The van der Waals surface area contributed by atoms with Crippen LogP contribution in [-0.2, 0) is 0 Å². The number of hydrogen-bond donors (Lipinski definition) is 2. The number of benzene rings is 1. The molecule has 5 heteroatoms. The van der Waals surface area contributed by atoms with Gasteiger partial charge >= 0.3 is 0 Å². The first kappa shape index (κ1) is 14.4. The summed E-state index contributed by atoms with van der Waals surface area (Å²) in [5.74, 6) is -1.25. The molecule has 0 radical (unpaired) electrons. The van der Waals surface area contributed by atoms with E-state index in [1.54, 1.807) is 4.90 Å². The first-order valence-corrected chi connectivity index (χ1v) is 6.08. The molecule has 0 fully saturated rings. The van der Waals surface area contributed by atoms with Gasteiger partial charge in [-0.15, -0.1) is 0 Å². The van der Waals surface area contributed by atoms with Crippen molar-refractivity contribution in [2.75, 3.05) is 19.6 Å². The lowest BCUT2D eigenvalue weighted by molar-refractivity contribution is 0.0750. The van der Waals surface area contributed by atoms with Crippen LogP contribution in [0.1, 0.15) is 30.1 Å². The molecule has 1 aromatic carbocycles. The monoisotopic (exact) mass is 254 g/mol. The van der Waals surface area contributed by atoms with Crippen molar-refractivity contribution in [2.45, 2.75) is 19.8 Å². The van der Waals surface area contributed by atoms with E-state index in [0.717, 1.165) is 12.5 Å². The number of amides is 1. The van der Waals surface area contributed by atoms with Crippen LogP contribution in [0.3, 0.4) is 0 Å². The number of halogens is 1. The molecular weight excluding hydrogens is 235 g/mol. The number of nitrogens with two attached hydrogens (primary N) is 1. The van der Waals surface area contributed by atoms with Crippen LogP contribution in [0, 0.1) is 5.82 Å². The smallest absolute Gasteiger partial charge is 0.256 e. The fraction of sp³-hybridized carbons (Fsp3) is 0.462. The zero-order valence-corrected chi connectivity index (χ0v) is 10.5. The fourth-order valence-electron chi connectivity index (χ4n) is 1.71. The topological polar surface area (TPSA) is 66.6 Å². The molecule has 0 atom stereocenters. The van der Waals surface area contributed by atoms with Gasteiger partial charge in [0.25, 0.3) is 5.91 Å². The first-order chi connectivity index (χ1) is 8.60. The predicted molar refractivity (Wildman–Crippen MR) is 67.9 cm³/mol. The number of rotatable bonds is 6. The molecule has 0 aliphatic heterocycles. The maximum atomic E-state index is 13.6. The first-order valence-electron chi connectivity index (χ1n) is 6.08. The minimum atomic E-state index is -0.700. The molecule has 100 valence electrons. The highest BCUT2D eigenvalue weighted by Gasteiger charge is 2.18.